The van der Waals surface area contributed by atoms with Gasteiger partial charge in [-0.3, -0.25) is 0 Å². The molecule has 2 nitrogen and oxygen atoms in total. The highest BCUT2D eigenvalue weighted by Gasteiger charge is 2.17. The molecule has 0 unspecified atom stereocenters. The average Bonchev–Trinajstić information content (AvgIpc) is 3.08. The molecular weight excluding hydrogens is 316 g/mol. The lowest BCUT2D eigenvalue weighted by molar-refractivity contribution is -0.703. The quantitative estimate of drug-likeness (QED) is 0.265. The number of unbranched alkanes of at least 4 members (excludes halogenated alkanes) is 9. The van der Waals surface area contributed by atoms with E-state index in [9.17, 15) is 0 Å². The molecule has 1 aromatic carbocycles. The maximum absolute atomic E-state index is 2.47. The largest absolute Gasteiger partial charge is 0.261 e. The second kappa shape index (κ2) is 12.7. The summed E-state index contributed by atoms with van der Waals surface area (Å²) in [6.45, 7) is 5.70. The minimum Gasteiger partial charge on any atom is -0.234 e. The molecule has 0 bridgehead atoms. The predicted octanol–water partition coefficient (Wildman–Crippen LogP) is 6.64. The smallest absolute Gasteiger partial charge is 0.234 e. The summed E-state index contributed by atoms with van der Waals surface area (Å²) >= 11 is 0. The van der Waals surface area contributed by atoms with Crippen LogP contribution in [0.5, 0.6) is 0 Å². The first kappa shape index (κ1) is 20.7. The SMILES string of the molecule is CCCCCCCCCCCc1n(-c2ccccc2)cc[n+]1CCCC. The van der Waals surface area contributed by atoms with Crippen molar-refractivity contribution in [1.82, 2.24) is 4.57 Å². The number of imidazole rings is 1. The van der Waals surface area contributed by atoms with E-state index in [2.05, 4.69) is 65.7 Å². The zero-order valence-electron chi connectivity index (χ0n) is 17.1. The van der Waals surface area contributed by atoms with Gasteiger partial charge in [0.15, 0.2) is 0 Å². The number of nitrogens with zero attached hydrogens (tertiary/aromatic N) is 2. The Balaban J connectivity index is 1.83. The maximum Gasteiger partial charge on any atom is 0.261 e. The Morgan fingerprint density at radius 3 is 2.00 bits per heavy atom. The Morgan fingerprint density at radius 2 is 1.35 bits per heavy atom. The summed E-state index contributed by atoms with van der Waals surface area (Å²) in [4.78, 5) is 0. The molecule has 0 radical (unpaired) electrons. The number of para-hydroxylation sites is 1. The molecule has 0 fully saturated rings. The van der Waals surface area contributed by atoms with Crippen LogP contribution in [0.1, 0.15) is 90.3 Å². The highest BCUT2D eigenvalue weighted by molar-refractivity contribution is 5.31. The van der Waals surface area contributed by atoms with E-state index in [1.54, 1.807) is 0 Å². The average molecular weight is 356 g/mol. The van der Waals surface area contributed by atoms with Gasteiger partial charge in [-0.1, -0.05) is 89.8 Å². The zero-order valence-corrected chi connectivity index (χ0v) is 17.1. The Kier molecular flexibility index (Phi) is 10.2. The number of aryl methyl sites for hydroxylation is 1. The Hall–Kier alpha value is -1.57. The van der Waals surface area contributed by atoms with Gasteiger partial charge < -0.3 is 0 Å². The monoisotopic (exact) mass is 355 g/mol. The summed E-state index contributed by atoms with van der Waals surface area (Å²) in [6, 6.07) is 10.8. The van der Waals surface area contributed by atoms with E-state index in [0.29, 0.717) is 0 Å². The minimum absolute atomic E-state index is 1.14. The van der Waals surface area contributed by atoms with Crippen LogP contribution in [0, 0.1) is 0 Å². The minimum atomic E-state index is 1.14. The highest BCUT2D eigenvalue weighted by atomic mass is 15.1. The molecular formula is C24H39N2+. The van der Waals surface area contributed by atoms with Crippen LogP contribution in [-0.4, -0.2) is 4.57 Å². The molecule has 0 saturated carbocycles. The molecule has 26 heavy (non-hydrogen) atoms. The molecule has 0 aliphatic heterocycles. The van der Waals surface area contributed by atoms with E-state index in [4.69, 9.17) is 0 Å². The fourth-order valence-electron chi connectivity index (χ4n) is 3.67. The maximum atomic E-state index is 2.47. The molecule has 0 aliphatic carbocycles. The van der Waals surface area contributed by atoms with Crippen LogP contribution in [0.25, 0.3) is 5.69 Å². The third kappa shape index (κ3) is 6.97. The number of aromatic nitrogens is 2. The number of hydrogen-bond acceptors (Lipinski definition) is 0. The number of benzene rings is 1. The van der Waals surface area contributed by atoms with Gasteiger partial charge in [0.25, 0.3) is 5.82 Å². The first-order chi connectivity index (χ1) is 12.9. The normalized spacial score (nSPS) is 11.2. The molecule has 0 atom stereocenters. The second-order valence-corrected chi connectivity index (χ2v) is 7.55. The van der Waals surface area contributed by atoms with Crippen LogP contribution in [0.2, 0.25) is 0 Å². The van der Waals surface area contributed by atoms with Crippen molar-refractivity contribution in [2.45, 2.75) is 97.4 Å². The molecule has 0 aliphatic rings. The molecule has 0 spiro atoms. The number of rotatable bonds is 14. The van der Waals surface area contributed by atoms with Crippen molar-refractivity contribution < 1.29 is 4.57 Å². The van der Waals surface area contributed by atoms with Gasteiger partial charge in [0.2, 0.25) is 0 Å². The Labute approximate surface area is 161 Å². The van der Waals surface area contributed by atoms with Crippen LogP contribution < -0.4 is 4.57 Å². The molecule has 1 aromatic heterocycles. The van der Waals surface area contributed by atoms with Crippen molar-refractivity contribution in [1.29, 1.82) is 0 Å². The van der Waals surface area contributed by atoms with Crippen LogP contribution >= 0.6 is 0 Å². The molecule has 0 amide bonds. The molecule has 0 saturated heterocycles. The van der Waals surface area contributed by atoms with Gasteiger partial charge in [-0.15, -0.1) is 0 Å². The van der Waals surface area contributed by atoms with Crippen molar-refractivity contribution in [2.24, 2.45) is 0 Å². The second-order valence-electron chi connectivity index (χ2n) is 7.55. The first-order valence-electron chi connectivity index (χ1n) is 11.0. The fourth-order valence-corrected chi connectivity index (χ4v) is 3.67. The lowest BCUT2D eigenvalue weighted by Gasteiger charge is -2.06. The van der Waals surface area contributed by atoms with Crippen LogP contribution in [0.4, 0.5) is 0 Å². The third-order valence-electron chi connectivity index (χ3n) is 5.30. The van der Waals surface area contributed by atoms with Gasteiger partial charge in [0.1, 0.15) is 18.1 Å². The fraction of sp³-hybridized carbons (Fsp3) is 0.625. The van der Waals surface area contributed by atoms with Crippen molar-refractivity contribution in [2.75, 3.05) is 0 Å². The van der Waals surface area contributed by atoms with E-state index in [0.717, 1.165) is 6.54 Å². The van der Waals surface area contributed by atoms with E-state index < -0.39 is 0 Å². The van der Waals surface area contributed by atoms with Crippen molar-refractivity contribution in [3.63, 3.8) is 0 Å². The summed E-state index contributed by atoms with van der Waals surface area (Å²) < 4.78 is 4.86. The van der Waals surface area contributed by atoms with E-state index in [-0.39, 0.29) is 0 Å². The van der Waals surface area contributed by atoms with Gasteiger partial charge in [0.05, 0.1) is 6.54 Å². The lowest BCUT2D eigenvalue weighted by atomic mass is 10.1. The summed E-state index contributed by atoms with van der Waals surface area (Å²) in [7, 11) is 0. The number of hydrogen-bond donors (Lipinski definition) is 0. The van der Waals surface area contributed by atoms with E-state index in [1.807, 2.05) is 0 Å². The molecule has 144 valence electrons. The Morgan fingerprint density at radius 1 is 0.731 bits per heavy atom. The van der Waals surface area contributed by atoms with Crippen molar-refractivity contribution in [3.8, 4) is 5.69 Å². The standard InChI is InChI=1S/C24H39N2/c1-3-5-7-8-9-10-11-12-16-19-24-25(20-6-4-2)21-22-26(24)23-17-14-13-15-18-23/h13-15,17-18,21-22H,3-12,16,19-20H2,1-2H3/q+1. The van der Waals surface area contributed by atoms with Crippen molar-refractivity contribution >= 4 is 0 Å². The lowest BCUT2D eigenvalue weighted by Crippen LogP contribution is -2.37. The predicted molar refractivity (Wildman–Crippen MR) is 112 cm³/mol. The summed E-state index contributed by atoms with van der Waals surface area (Å²) in [6.07, 6.45) is 20.7. The topological polar surface area (TPSA) is 8.81 Å². The van der Waals surface area contributed by atoms with E-state index >= 15 is 0 Å². The summed E-state index contributed by atoms with van der Waals surface area (Å²) in [5, 5.41) is 0. The Bertz CT molecular complexity index is 586. The highest BCUT2D eigenvalue weighted by Crippen LogP contribution is 2.14. The molecule has 0 N–H and O–H groups in total. The van der Waals surface area contributed by atoms with E-state index in [1.165, 1.54) is 88.6 Å². The van der Waals surface area contributed by atoms with Gasteiger partial charge in [0, 0.05) is 6.42 Å². The van der Waals surface area contributed by atoms with Gasteiger partial charge in [-0.05, 0) is 25.0 Å². The summed E-state index contributed by atoms with van der Waals surface area (Å²) in [5.41, 5.74) is 1.29. The van der Waals surface area contributed by atoms with Crippen LogP contribution in [0.3, 0.4) is 0 Å². The van der Waals surface area contributed by atoms with Gasteiger partial charge in [-0.2, -0.15) is 4.57 Å². The molecule has 2 aromatic rings. The van der Waals surface area contributed by atoms with Gasteiger partial charge >= 0.3 is 0 Å². The molecule has 1 heterocycles. The summed E-state index contributed by atoms with van der Waals surface area (Å²) in [5.74, 6) is 1.47. The first-order valence-corrected chi connectivity index (χ1v) is 11.0. The van der Waals surface area contributed by atoms with Crippen molar-refractivity contribution in [3.05, 3.63) is 48.5 Å². The van der Waals surface area contributed by atoms with Crippen LogP contribution in [0.15, 0.2) is 42.7 Å². The van der Waals surface area contributed by atoms with Crippen LogP contribution in [-0.2, 0) is 13.0 Å². The van der Waals surface area contributed by atoms with Gasteiger partial charge in [-0.25, -0.2) is 4.57 Å². The molecule has 2 rings (SSSR count). The zero-order chi connectivity index (χ0) is 18.5. The molecule has 2 heteroatoms. The third-order valence-corrected chi connectivity index (χ3v) is 5.30.